The van der Waals surface area contributed by atoms with Gasteiger partial charge in [-0.05, 0) is 6.42 Å². The number of carbonyl (C=O) groups is 6. The van der Waals surface area contributed by atoms with Crippen molar-refractivity contribution in [3.05, 3.63) is 18.2 Å². The van der Waals surface area contributed by atoms with Gasteiger partial charge >= 0.3 is 17.9 Å². The van der Waals surface area contributed by atoms with Crippen LogP contribution in [0.3, 0.4) is 0 Å². The minimum atomic E-state index is -1.72. The van der Waals surface area contributed by atoms with E-state index < -0.39 is 85.7 Å². The van der Waals surface area contributed by atoms with Crippen LogP contribution in [-0.4, -0.2) is 96.8 Å². The number of aromatic nitrogens is 2. The van der Waals surface area contributed by atoms with Gasteiger partial charge in [0.1, 0.15) is 24.2 Å². The number of aliphatic hydroxyl groups excluding tert-OH is 1. The fraction of sp³-hybridized carbons (Fsp3) is 0.500. The van der Waals surface area contributed by atoms with Crippen molar-refractivity contribution in [2.45, 2.75) is 49.9 Å². The van der Waals surface area contributed by atoms with E-state index in [0.717, 1.165) is 0 Å². The monoisotopic (exact) mass is 486 g/mol. The van der Waals surface area contributed by atoms with Crippen LogP contribution in [0.4, 0.5) is 0 Å². The summed E-state index contributed by atoms with van der Waals surface area (Å²) >= 11 is 0. The van der Waals surface area contributed by atoms with Gasteiger partial charge in [-0.15, -0.1) is 0 Å². The smallest absolute Gasteiger partial charge is 0.326 e. The van der Waals surface area contributed by atoms with Crippen molar-refractivity contribution in [1.29, 1.82) is 0 Å². The molecule has 4 unspecified atom stereocenters. The average Bonchev–Trinajstić information content (AvgIpc) is 3.27. The number of rotatable bonds is 15. The number of aliphatic carboxylic acids is 3. The first-order chi connectivity index (χ1) is 15.9. The second-order valence-corrected chi connectivity index (χ2v) is 7.12. The summed E-state index contributed by atoms with van der Waals surface area (Å²) in [5.41, 5.74) is 5.71. The third-order valence-electron chi connectivity index (χ3n) is 4.42. The molecule has 1 rings (SSSR count). The van der Waals surface area contributed by atoms with Crippen molar-refractivity contribution in [1.82, 2.24) is 25.9 Å². The van der Waals surface area contributed by atoms with Gasteiger partial charge in [0.05, 0.1) is 19.4 Å². The highest BCUT2D eigenvalue weighted by Gasteiger charge is 2.31. The van der Waals surface area contributed by atoms with Crippen LogP contribution >= 0.6 is 0 Å². The summed E-state index contributed by atoms with van der Waals surface area (Å²) in [5.74, 6) is -7.47. The number of nitrogens with zero attached hydrogens (tertiary/aromatic N) is 1. The largest absolute Gasteiger partial charge is 0.481 e. The van der Waals surface area contributed by atoms with Crippen LogP contribution < -0.4 is 21.7 Å². The quantitative estimate of drug-likeness (QED) is 0.115. The Morgan fingerprint density at radius 3 is 2.00 bits per heavy atom. The first-order valence-corrected chi connectivity index (χ1v) is 9.85. The van der Waals surface area contributed by atoms with E-state index >= 15 is 0 Å². The van der Waals surface area contributed by atoms with E-state index in [9.17, 15) is 33.9 Å². The highest BCUT2D eigenvalue weighted by molar-refractivity contribution is 5.95. The number of aromatic amines is 1. The number of amides is 3. The number of hydrogen-bond acceptors (Lipinski definition) is 9. The number of H-pyrrole nitrogens is 1. The van der Waals surface area contributed by atoms with Crippen molar-refractivity contribution < 1.29 is 49.2 Å². The van der Waals surface area contributed by atoms with Crippen molar-refractivity contribution in [2.75, 3.05) is 6.61 Å². The number of nitrogens with two attached hydrogens (primary N) is 1. The van der Waals surface area contributed by atoms with Gasteiger partial charge in [0.25, 0.3) is 0 Å². The zero-order valence-electron chi connectivity index (χ0n) is 17.8. The summed E-state index contributed by atoms with van der Waals surface area (Å²) < 4.78 is 0. The molecule has 4 atom stereocenters. The number of imidazole rings is 1. The minimum Gasteiger partial charge on any atom is -0.481 e. The van der Waals surface area contributed by atoms with Gasteiger partial charge in [-0.1, -0.05) is 0 Å². The molecule has 0 radical (unpaired) electrons. The molecule has 34 heavy (non-hydrogen) atoms. The van der Waals surface area contributed by atoms with Crippen LogP contribution in [0, 0.1) is 0 Å². The van der Waals surface area contributed by atoms with Crippen LogP contribution in [-0.2, 0) is 35.2 Å². The average molecular weight is 486 g/mol. The number of carbonyl (C=O) groups excluding carboxylic acids is 3. The van der Waals surface area contributed by atoms with E-state index in [1.807, 2.05) is 5.32 Å². The Morgan fingerprint density at radius 2 is 1.50 bits per heavy atom. The highest BCUT2D eigenvalue weighted by atomic mass is 16.4. The third-order valence-corrected chi connectivity index (χ3v) is 4.42. The molecule has 1 heterocycles. The molecule has 0 saturated carbocycles. The topological polar surface area (TPSA) is 274 Å². The summed E-state index contributed by atoms with van der Waals surface area (Å²) in [6.45, 7) is -0.788. The lowest BCUT2D eigenvalue weighted by Gasteiger charge is -2.24. The molecule has 0 spiro atoms. The van der Waals surface area contributed by atoms with E-state index in [1.165, 1.54) is 12.5 Å². The third kappa shape index (κ3) is 9.61. The molecule has 0 bridgehead atoms. The number of carboxylic acid groups (broad SMARTS) is 3. The highest BCUT2D eigenvalue weighted by Crippen LogP contribution is 2.05. The van der Waals surface area contributed by atoms with Gasteiger partial charge in [-0.2, -0.15) is 0 Å². The van der Waals surface area contributed by atoms with Gasteiger partial charge in [-0.3, -0.25) is 24.0 Å². The summed E-state index contributed by atoms with van der Waals surface area (Å²) in [7, 11) is 0. The molecule has 0 aliphatic carbocycles. The van der Waals surface area contributed by atoms with Crippen molar-refractivity contribution in [3.8, 4) is 0 Å². The standard InChI is InChI=1S/C18H26N6O10/c19-9(6-25)15(30)23-11(4-14(28)29)17(32)22-10(1-2-13(26)27)16(31)24-12(18(33)34)3-8-5-20-7-21-8/h5,7,9-12,25H,1-4,6,19H2,(H,20,21)(H,22,32)(H,23,30)(H,24,31)(H,26,27)(H,28,29)(H,33,34). The SMILES string of the molecule is NC(CO)C(=O)NC(CC(=O)O)C(=O)NC(CCC(=O)O)C(=O)NC(Cc1cnc[nH]1)C(=O)O. The lowest BCUT2D eigenvalue weighted by atomic mass is 10.1. The molecule has 0 aromatic carbocycles. The summed E-state index contributed by atoms with van der Waals surface area (Å²) in [6.07, 6.45) is 0.459. The molecular weight excluding hydrogens is 460 g/mol. The van der Waals surface area contributed by atoms with E-state index in [2.05, 4.69) is 20.6 Å². The number of hydrogen-bond donors (Lipinski definition) is 9. The lowest BCUT2D eigenvalue weighted by molar-refractivity contribution is -0.143. The Morgan fingerprint density at radius 1 is 0.912 bits per heavy atom. The molecule has 1 aromatic rings. The number of aliphatic hydroxyl groups is 1. The Labute approximate surface area is 191 Å². The predicted octanol–water partition coefficient (Wildman–Crippen LogP) is -3.85. The maximum Gasteiger partial charge on any atom is 0.326 e. The van der Waals surface area contributed by atoms with Gasteiger partial charge in [0.2, 0.25) is 17.7 Å². The molecule has 16 heteroatoms. The van der Waals surface area contributed by atoms with Crippen molar-refractivity contribution in [2.24, 2.45) is 5.73 Å². The molecule has 0 aliphatic heterocycles. The van der Waals surface area contributed by atoms with E-state index in [0.29, 0.717) is 5.69 Å². The number of carboxylic acids is 3. The molecule has 1 aromatic heterocycles. The maximum atomic E-state index is 12.7. The van der Waals surface area contributed by atoms with Crippen LogP contribution in [0.25, 0.3) is 0 Å². The van der Waals surface area contributed by atoms with Crippen molar-refractivity contribution >= 4 is 35.6 Å². The summed E-state index contributed by atoms with van der Waals surface area (Å²) in [5, 5.41) is 42.6. The molecule has 0 saturated heterocycles. The van der Waals surface area contributed by atoms with Gasteiger partial charge in [0.15, 0.2) is 0 Å². The maximum absolute atomic E-state index is 12.7. The van der Waals surface area contributed by atoms with Crippen LogP contribution in [0.2, 0.25) is 0 Å². The normalized spacial score (nSPS) is 14.2. The summed E-state index contributed by atoms with van der Waals surface area (Å²) in [6, 6.07) is -6.21. The molecule has 0 aliphatic rings. The molecule has 3 amide bonds. The Balaban J connectivity index is 3.01. The molecule has 188 valence electrons. The van der Waals surface area contributed by atoms with Gasteiger partial charge in [-0.25, -0.2) is 9.78 Å². The Bertz CT molecular complexity index is 890. The fourth-order valence-electron chi connectivity index (χ4n) is 2.64. The van der Waals surface area contributed by atoms with Gasteiger partial charge in [0, 0.05) is 24.7 Å². The number of nitrogens with one attached hydrogen (secondary N) is 4. The molecule has 0 fully saturated rings. The van der Waals surface area contributed by atoms with E-state index in [-0.39, 0.29) is 6.42 Å². The van der Waals surface area contributed by atoms with Crippen LogP contribution in [0.15, 0.2) is 12.5 Å². The van der Waals surface area contributed by atoms with Gasteiger partial charge < -0.3 is 47.1 Å². The Kier molecular flexibility index (Phi) is 11.1. The first-order valence-electron chi connectivity index (χ1n) is 9.85. The fourth-order valence-corrected chi connectivity index (χ4v) is 2.64. The molecular formula is C18H26N6O10. The summed E-state index contributed by atoms with van der Waals surface area (Å²) in [4.78, 5) is 77.2. The van der Waals surface area contributed by atoms with Crippen molar-refractivity contribution in [3.63, 3.8) is 0 Å². The molecule has 10 N–H and O–H groups in total. The Hall–Kier alpha value is -4.05. The second-order valence-electron chi connectivity index (χ2n) is 7.12. The van der Waals surface area contributed by atoms with E-state index in [4.69, 9.17) is 21.1 Å². The predicted molar refractivity (Wildman–Crippen MR) is 110 cm³/mol. The first kappa shape index (κ1) is 28.0. The lowest BCUT2D eigenvalue weighted by Crippen LogP contribution is -2.58. The zero-order valence-corrected chi connectivity index (χ0v) is 17.8. The minimum absolute atomic E-state index is 0.197. The molecule has 16 nitrogen and oxygen atoms in total. The van der Waals surface area contributed by atoms with Crippen LogP contribution in [0.1, 0.15) is 25.0 Å². The van der Waals surface area contributed by atoms with E-state index in [1.54, 1.807) is 0 Å². The zero-order chi connectivity index (χ0) is 25.8. The second kappa shape index (κ2) is 13.5. The van der Waals surface area contributed by atoms with Crippen LogP contribution in [0.5, 0.6) is 0 Å².